The number of hydrogen-bond donors (Lipinski definition) is 0. The van der Waals surface area contributed by atoms with Gasteiger partial charge in [0, 0.05) is 0 Å². The van der Waals surface area contributed by atoms with E-state index in [-0.39, 0.29) is 0 Å². The van der Waals surface area contributed by atoms with Gasteiger partial charge in [-0.25, -0.2) is 0 Å². The summed E-state index contributed by atoms with van der Waals surface area (Å²) < 4.78 is 6.14. The van der Waals surface area contributed by atoms with Gasteiger partial charge in [0.15, 0.2) is 0 Å². The van der Waals surface area contributed by atoms with Gasteiger partial charge in [0.1, 0.15) is 0 Å². The Labute approximate surface area is 141 Å². The summed E-state index contributed by atoms with van der Waals surface area (Å²) in [7, 11) is 0. The van der Waals surface area contributed by atoms with E-state index in [1.807, 2.05) is 0 Å². The van der Waals surface area contributed by atoms with Gasteiger partial charge in [0.05, 0.1) is 0 Å². The summed E-state index contributed by atoms with van der Waals surface area (Å²) in [6, 6.07) is 0. The van der Waals surface area contributed by atoms with Gasteiger partial charge in [-0.15, -0.1) is 0 Å². The molecule has 0 atom stereocenters. The molecule has 0 rings (SSSR count). The Morgan fingerprint density at radius 1 is 0.381 bits per heavy atom. The minimum absolute atomic E-state index is 0.484. The van der Waals surface area contributed by atoms with Crippen LogP contribution in [0, 0.1) is 21.7 Å². The average Bonchev–Trinajstić information content (AvgIpc) is 1.83. The first-order valence-corrected chi connectivity index (χ1v) is 15.8. The van der Waals surface area contributed by atoms with Gasteiger partial charge in [-0.2, -0.15) is 0 Å². The number of hydrogen-bond acceptors (Lipinski definition) is 0. The molecular formula is C20H44Zr. The Balaban J connectivity index is 5.70. The quantitative estimate of drug-likeness (QED) is 0.467. The van der Waals surface area contributed by atoms with Crippen molar-refractivity contribution in [1.82, 2.24) is 0 Å². The molecule has 0 aliphatic heterocycles. The SMILES string of the molecule is CC(C)(C)[CH2][Zr]([CH2]C(C)(C)C)([CH2]C(C)(C)C)[CH2]C(C)(C)C. The molecule has 0 saturated heterocycles. The summed E-state index contributed by atoms with van der Waals surface area (Å²) in [4.78, 5) is 0. The van der Waals surface area contributed by atoms with Crippen molar-refractivity contribution in [2.45, 2.75) is 99.6 Å². The van der Waals surface area contributed by atoms with Gasteiger partial charge >= 0.3 is 142 Å². The van der Waals surface area contributed by atoms with Crippen LogP contribution in [0.25, 0.3) is 0 Å². The molecule has 0 N–H and O–H groups in total. The molecule has 0 unspecified atom stereocenters. The molecule has 21 heavy (non-hydrogen) atoms. The topological polar surface area (TPSA) is 0 Å². The molecule has 128 valence electrons. The van der Waals surface area contributed by atoms with Crippen LogP contribution >= 0.6 is 0 Å². The minimum atomic E-state index is -2.25. The van der Waals surface area contributed by atoms with Crippen molar-refractivity contribution < 1.29 is 20.3 Å². The number of rotatable bonds is 4. The van der Waals surface area contributed by atoms with Crippen LogP contribution in [0.1, 0.15) is 83.1 Å². The Morgan fingerprint density at radius 3 is 0.619 bits per heavy atom. The van der Waals surface area contributed by atoms with Crippen LogP contribution in [0.5, 0.6) is 0 Å². The zero-order chi connectivity index (χ0) is 17.3. The molecule has 0 aromatic rings. The average molecular weight is 376 g/mol. The van der Waals surface area contributed by atoms with E-state index in [4.69, 9.17) is 0 Å². The molecule has 0 heterocycles. The molecule has 0 aromatic carbocycles. The molecule has 0 saturated carbocycles. The fourth-order valence-corrected chi connectivity index (χ4v) is 28.8. The van der Waals surface area contributed by atoms with E-state index in [0.717, 1.165) is 0 Å². The Morgan fingerprint density at radius 2 is 0.524 bits per heavy atom. The van der Waals surface area contributed by atoms with Crippen LogP contribution < -0.4 is 0 Å². The van der Waals surface area contributed by atoms with Crippen LogP contribution in [0.4, 0.5) is 0 Å². The van der Waals surface area contributed by atoms with Gasteiger partial charge in [-0.1, -0.05) is 0 Å². The Hall–Kier alpha value is 0.883. The summed E-state index contributed by atoms with van der Waals surface area (Å²) in [5.41, 5.74) is 1.94. The van der Waals surface area contributed by atoms with Gasteiger partial charge in [0.25, 0.3) is 0 Å². The van der Waals surface area contributed by atoms with E-state index in [1.54, 1.807) is 0 Å². The molecule has 0 spiro atoms. The van der Waals surface area contributed by atoms with Crippen molar-refractivity contribution in [2.75, 3.05) is 0 Å². The predicted molar refractivity (Wildman–Crippen MR) is 97.0 cm³/mol. The van der Waals surface area contributed by atoms with Crippen molar-refractivity contribution in [3.05, 3.63) is 0 Å². The van der Waals surface area contributed by atoms with Crippen molar-refractivity contribution in [3.8, 4) is 0 Å². The molecule has 0 aromatic heterocycles. The van der Waals surface area contributed by atoms with Crippen LogP contribution in [-0.4, -0.2) is 0 Å². The van der Waals surface area contributed by atoms with E-state index in [1.165, 1.54) is 16.5 Å². The Bertz CT molecular complexity index is 242. The van der Waals surface area contributed by atoms with E-state index in [9.17, 15) is 0 Å². The maximum atomic E-state index is 2.46. The third kappa shape index (κ3) is 12.0. The predicted octanol–water partition coefficient (Wildman–Crippen LogP) is 8.00. The van der Waals surface area contributed by atoms with E-state index in [2.05, 4.69) is 83.1 Å². The van der Waals surface area contributed by atoms with Gasteiger partial charge in [-0.05, 0) is 0 Å². The second kappa shape index (κ2) is 6.78. The monoisotopic (exact) mass is 374 g/mol. The first-order chi connectivity index (χ1) is 8.83. The van der Waals surface area contributed by atoms with Crippen LogP contribution in [0.3, 0.4) is 0 Å². The molecule has 1 heteroatoms. The normalized spacial score (nSPS) is 15.4. The summed E-state index contributed by atoms with van der Waals surface area (Å²) in [6.07, 6.45) is 0. The molecular weight excluding hydrogens is 331 g/mol. The third-order valence-electron chi connectivity index (χ3n) is 3.62. The summed E-state index contributed by atoms with van der Waals surface area (Å²) in [5.74, 6) is 0. The maximum absolute atomic E-state index is 2.46. The molecule has 0 radical (unpaired) electrons. The zero-order valence-corrected chi connectivity index (χ0v) is 19.8. The first-order valence-electron chi connectivity index (χ1n) is 8.83. The van der Waals surface area contributed by atoms with Crippen molar-refractivity contribution in [2.24, 2.45) is 21.7 Å². The second-order valence-corrected chi connectivity index (χ2v) is 23.3. The van der Waals surface area contributed by atoms with E-state index in [0.29, 0.717) is 21.7 Å². The van der Waals surface area contributed by atoms with Crippen LogP contribution in [0.15, 0.2) is 0 Å². The second-order valence-electron chi connectivity index (χ2n) is 12.4. The van der Waals surface area contributed by atoms with Crippen LogP contribution in [-0.2, 0) is 20.3 Å². The molecule has 0 fully saturated rings. The summed E-state index contributed by atoms with van der Waals surface area (Å²) >= 11 is -2.25. The van der Waals surface area contributed by atoms with E-state index >= 15 is 0 Å². The van der Waals surface area contributed by atoms with Crippen LogP contribution in [0.2, 0.25) is 16.5 Å². The van der Waals surface area contributed by atoms with Crippen molar-refractivity contribution in [3.63, 3.8) is 0 Å². The molecule has 0 amide bonds. The van der Waals surface area contributed by atoms with Gasteiger partial charge in [-0.3, -0.25) is 0 Å². The van der Waals surface area contributed by atoms with Crippen molar-refractivity contribution in [1.29, 1.82) is 0 Å². The fourth-order valence-electron chi connectivity index (χ4n) is 4.87. The molecule has 0 aliphatic carbocycles. The zero-order valence-electron chi connectivity index (χ0n) is 17.3. The molecule has 0 nitrogen and oxygen atoms in total. The molecule has 0 aliphatic rings. The first kappa shape index (κ1) is 21.9. The summed E-state index contributed by atoms with van der Waals surface area (Å²) in [5, 5.41) is 0. The van der Waals surface area contributed by atoms with Gasteiger partial charge in [0.2, 0.25) is 0 Å². The third-order valence-corrected chi connectivity index (χ3v) is 21.4. The standard InChI is InChI=1S/4C5H11.Zr/c4*1-5(2,3)4;/h4*1H2,2-4H3;. The van der Waals surface area contributed by atoms with Gasteiger partial charge < -0.3 is 0 Å². The van der Waals surface area contributed by atoms with Crippen molar-refractivity contribution >= 4 is 0 Å². The summed E-state index contributed by atoms with van der Waals surface area (Å²) in [6.45, 7) is 29.6. The fraction of sp³-hybridized carbons (Fsp3) is 1.00. The Kier molecular flexibility index (Phi) is 7.07. The molecule has 0 bridgehead atoms. The van der Waals surface area contributed by atoms with E-state index < -0.39 is 20.3 Å².